The van der Waals surface area contributed by atoms with Gasteiger partial charge in [0.1, 0.15) is 17.4 Å². The summed E-state index contributed by atoms with van der Waals surface area (Å²) in [6.45, 7) is 2.04. The predicted molar refractivity (Wildman–Crippen MR) is 64.9 cm³/mol. The molecular formula is C13H14F2N2O. The molecule has 0 aliphatic heterocycles. The third-order valence-corrected chi connectivity index (χ3v) is 2.75. The second kappa shape index (κ2) is 5.16. The van der Waals surface area contributed by atoms with Gasteiger partial charge in [-0.15, -0.1) is 0 Å². The van der Waals surface area contributed by atoms with E-state index in [1.807, 2.05) is 6.92 Å². The van der Waals surface area contributed by atoms with Crippen LogP contribution in [0.5, 0.6) is 0 Å². The van der Waals surface area contributed by atoms with E-state index in [1.165, 1.54) is 12.1 Å². The minimum absolute atomic E-state index is 0.131. The molecule has 2 N–H and O–H groups in total. The number of benzene rings is 1. The van der Waals surface area contributed by atoms with Crippen LogP contribution in [-0.2, 0) is 6.42 Å². The van der Waals surface area contributed by atoms with Crippen molar-refractivity contribution < 1.29 is 13.3 Å². The van der Waals surface area contributed by atoms with Gasteiger partial charge in [0.05, 0.1) is 5.56 Å². The SMILES string of the molecule is CCCCc1onc(N)c1-c1ccc(F)cc1F. The lowest BCUT2D eigenvalue weighted by Gasteiger charge is -2.04. The molecule has 18 heavy (non-hydrogen) atoms. The maximum Gasteiger partial charge on any atom is 0.175 e. The summed E-state index contributed by atoms with van der Waals surface area (Å²) in [5.74, 6) is -0.615. The number of unbranched alkanes of at least 4 members (excludes halogenated alkanes) is 1. The Morgan fingerprint density at radius 3 is 2.78 bits per heavy atom. The van der Waals surface area contributed by atoms with Crippen LogP contribution in [0, 0.1) is 11.6 Å². The van der Waals surface area contributed by atoms with E-state index >= 15 is 0 Å². The van der Waals surface area contributed by atoms with E-state index in [2.05, 4.69) is 5.16 Å². The molecule has 3 nitrogen and oxygen atoms in total. The summed E-state index contributed by atoms with van der Waals surface area (Å²) in [6.07, 6.45) is 2.50. The average Bonchev–Trinajstić information content (AvgIpc) is 2.68. The zero-order valence-electron chi connectivity index (χ0n) is 10.0. The molecule has 5 heteroatoms. The van der Waals surface area contributed by atoms with Crippen LogP contribution in [0.2, 0.25) is 0 Å². The van der Waals surface area contributed by atoms with E-state index in [1.54, 1.807) is 0 Å². The largest absolute Gasteiger partial charge is 0.380 e. The van der Waals surface area contributed by atoms with Gasteiger partial charge in [0, 0.05) is 18.1 Å². The molecule has 2 aromatic rings. The van der Waals surface area contributed by atoms with E-state index in [-0.39, 0.29) is 11.4 Å². The maximum absolute atomic E-state index is 13.7. The van der Waals surface area contributed by atoms with Crippen molar-refractivity contribution in [2.75, 3.05) is 5.73 Å². The number of nitrogens with two attached hydrogens (primary N) is 1. The Kier molecular flexibility index (Phi) is 3.60. The normalized spacial score (nSPS) is 10.8. The fraction of sp³-hybridized carbons (Fsp3) is 0.308. The Balaban J connectivity index is 2.45. The highest BCUT2D eigenvalue weighted by Gasteiger charge is 2.18. The van der Waals surface area contributed by atoms with Crippen LogP contribution in [0.25, 0.3) is 11.1 Å². The summed E-state index contributed by atoms with van der Waals surface area (Å²) in [6, 6.07) is 3.36. The number of nitrogens with zero attached hydrogens (tertiary/aromatic N) is 1. The first-order valence-electron chi connectivity index (χ1n) is 5.83. The molecule has 1 aromatic carbocycles. The van der Waals surface area contributed by atoms with Crippen molar-refractivity contribution in [1.29, 1.82) is 0 Å². The van der Waals surface area contributed by atoms with E-state index in [9.17, 15) is 8.78 Å². The van der Waals surface area contributed by atoms with Crippen molar-refractivity contribution in [3.63, 3.8) is 0 Å². The molecule has 0 radical (unpaired) electrons. The van der Waals surface area contributed by atoms with E-state index < -0.39 is 11.6 Å². The third kappa shape index (κ3) is 2.34. The van der Waals surface area contributed by atoms with Gasteiger partial charge in [0.2, 0.25) is 0 Å². The van der Waals surface area contributed by atoms with Gasteiger partial charge in [0.15, 0.2) is 5.82 Å². The molecule has 0 spiro atoms. The number of halogens is 2. The molecule has 0 saturated carbocycles. The fourth-order valence-corrected chi connectivity index (χ4v) is 1.83. The topological polar surface area (TPSA) is 52.0 Å². The molecule has 0 atom stereocenters. The highest BCUT2D eigenvalue weighted by molar-refractivity contribution is 5.75. The van der Waals surface area contributed by atoms with Gasteiger partial charge in [-0.25, -0.2) is 8.78 Å². The number of anilines is 1. The zero-order chi connectivity index (χ0) is 13.1. The van der Waals surface area contributed by atoms with Crippen molar-refractivity contribution in [2.24, 2.45) is 0 Å². The summed E-state index contributed by atoms with van der Waals surface area (Å²) < 4.78 is 31.7. The summed E-state index contributed by atoms with van der Waals surface area (Å²) in [4.78, 5) is 0. The average molecular weight is 252 g/mol. The molecular weight excluding hydrogens is 238 g/mol. The smallest absolute Gasteiger partial charge is 0.175 e. The summed E-state index contributed by atoms with van der Waals surface area (Å²) in [7, 11) is 0. The van der Waals surface area contributed by atoms with Crippen molar-refractivity contribution in [1.82, 2.24) is 5.16 Å². The second-order valence-electron chi connectivity index (χ2n) is 4.09. The Hall–Kier alpha value is -1.91. The summed E-state index contributed by atoms with van der Waals surface area (Å²) in [5.41, 5.74) is 6.34. The van der Waals surface area contributed by atoms with Gasteiger partial charge in [-0.05, 0) is 18.6 Å². The Morgan fingerprint density at radius 2 is 2.11 bits per heavy atom. The van der Waals surface area contributed by atoms with Crippen LogP contribution in [0.15, 0.2) is 22.7 Å². The lowest BCUT2D eigenvalue weighted by atomic mass is 10.0. The van der Waals surface area contributed by atoms with Crippen LogP contribution < -0.4 is 5.73 Å². The van der Waals surface area contributed by atoms with E-state index in [0.717, 1.165) is 18.9 Å². The number of aromatic nitrogens is 1. The number of hydrogen-bond acceptors (Lipinski definition) is 3. The zero-order valence-corrected chi connectivity index (χ0v) is 10.0. The highest BCUT2D eigenvalue weighted by Crippen LogP contribution is 2.32. The van der Waals surface area contributed by atoms with Crippen molar-refractivity contribution in [3.05, 3.63) is 35.6 Å². The van der Waals surface area contributed by atoms with Crippen LogP contribution in [0.1, 0.15) is 25.5 Å². The number of aryl methyl sites for hydroxylation is 1. The predicted octanol–water partition coefficient (Wildman–Crippen LogP) is 3.54. The van der Waals surface area contributed by atoms with Crippen LogP contribution in [0.4, 0.5) is 14.6 Å². The Labute approximate surface area is 104 Å². The first-order chi connectivity index (χ1) is 8.63. The molecule has 0 unspecified atom stereocenters. The Bertz CT molecular complexity index is 552. The lowest BCUT2D eigenvalue weighted by Crippen LogP contribution is -1.94. The fourth-order valence-electron chi connectivity index (χ4n) is 1.83. The molecule has 0 saturated heterocycles. The van der Waals surface area contributed by atoms with Gasteiger partial charge in [-0.1, -0.05) is 18.5 Å². The van der Waals surface area contributed by atoms with Gasteiger partial charge in [-0.3, -0.25) is 0 Å². The monoisotopic (exact) mass is 252 g/mol. The molecule has 0 amide bonds. The molecule has 0 aliphatic rings. The molecule has 0 bridgehead atoms. The van der Waals surface area contributed by atoms with Crippen LogP contribution in [0.3, 0.4) is 0 Å². The molecule has 0 aliphatic carbocycles. The van der Waals surface area contributed by atoms with Gasteiger partial charge in [0.25, 0.3) is 0 Å². The summed E-state index contributed by atoms with van der Waals surface area (Å²) >= 11 is 0. The van der Waals surface area contributed by atoms with Crippen molar-refractivity contribution in [2.45, 2.75) is 26.2 Å². The van der Waals surface area contributed by atoms with E-state index in [0.29, 0.717) is 17.7 Å². The van der Waals surface area contributed by atoms with Gasteiger partial charge in [-0.2, -0.15) is 0 Å². The van der Waals surface area contributed by atoms with Crippen molar-refractivity contribution in [3.8, 4) is 11.1 Å². The second-order valence-corrected chi connectivity index (χ2v) is 4.09. The Morgan fingerprint density at radius 1 is 1.33 bits per heavy atom. The number of nitrogen functional groups attached to an aromatic ring is 1. The molecule has 0 fully saturated rings. The molecule has 96 valence electrons. The standard InChI is InChI=1S/C13H14F2N2O/c1-2-3-4-11-12(13(16)17-18-11)9-6-5-8(14)7-10(9)15/h5-7H,2-4H2,1H3,(H2,16,17). The number of hydrogen-bond donors (Lipinski definition) is 1. The van der Waals surface area contributed by atoms with Gasteiger partial charge >= 0.3 is 0 Å². The maximum atomic E-state index is 13.7. The third-order valence-electron chi connectivity index (χ3n) is 2.75. The van der Waals surface area contributed by atoms with Crippen molar-refractivity contribution >= 4 is 5.82 Å². The van der Waals surface area contributed by atoms with Gasteiger partial charge < -0.3 is 10.3 Å². The molecule has 1 aromatic heterocycles. The first-order valence-corrected chi connectivity index (χ1v) is 5.83. The van der Waals surface area contributed by atoms with Crippen LogP contribution in [-0.4, -0.2) is 5.16 Å². The molecule has 1 heterocycles. The minimum atomic E-state index is -0.664. The van der Waals surface area contributed by atoms with Crippen LogP contribution >= 0.6 is 0 Å². The van der Waals surface area contributed by atoms with E-state index in [4.69, 9.17) is 10.3 Å². The minimum Gasteiger partial charge on any atom is -0.380 e. The highest BCUT2D eigenvalue weighted by atomic mass is 19.1. The molecule has 2 rings (SSSR count). The summed E-state index contributed by atoms with van der Waals surface area (Å²) in [5, 5.41) is 3.65. The number of rotatable bonds is 4. The first kappa shape index (κ1) is 12.5. The quantitative estimate of drug-likeness (QED) is 0.905. The lowest BCUT2D eigenvalue weighted by molar-refractivity contribution is 0.383.